The van der Waals surface area contributed by atoms with Crippen molar-refractivity contribution >= 4 is 6.08 Å². The maximum absolute atomic E-state index is 3.98. The molecule has 0 radical (unpaired) electrons. The molecule has 0 saturated carbocycles. The Labute approximate surface area is 85.3 Å². The number of rotatable bonds is 1. The van der Waals surface area contributed by atoms with Crippen LogP contribution in [0.15, 0.2) is 31.0 Å². The first-order chi connectivity index (χ1) is 6.93. The molecule has 2 N–H and O–H groups in total. The van der Waals surface area contributed by atoms with Crippen LogP contribution in [0.2, 0.25) is 0 Å². The van der Waals surface area contributed by atoms with E-state index in [0.717, 1.165) is 31.9 Å². The fourth-order valence-corrected chi connectivity index (χ4v) is 1.10. The molecule has 1 aliphatic heterocycles. The van der Waals surface area contributed by atoms with E-state index in [9.17, 15) is 0 Å². The molecule has 0 aliphatic carbocycles. The highest BCUT2D eigenvalue weighted by Gasteiger charge is 1.91. The van der Waals surface area contributed by atoms with Gasteiger partial charge in [0.15, 0.2) is 0 Å². The number of nitrogens with one attached hydrogen (secondary N) is 2. The molecule has 3 nitrogen and oxygen atoms in total. The lowest BCUT2D eigenvalue weighted by molar-refractivity contribution is 0.534. The van der Waals surface area contributed by atoms with Crippen LogP contribution in [0.25, 0.3) is 6.08 Å². The number of hydrogen-bond acceptors (Lipinski definition) is 3. The number of pyridine rings is 1. The van der Waals surface area contributed by atoms with Crippen molar-refractivity contribution in [3.63, 3.8) is 0 Å². The molecule has 2 heterocycles. The Balaban J connectivity index is 0.000000146. The lowest BCUT2D eigenvalue weighted by atomic mass is 10.4. The third kappa shape index (κ3) is 4.74. The second-order valence-electron chi connectivity index (χ2n) is 2.96. The summed E-state index contributed by atoms with van der Waals surface area (Å²) >= 11 is 0. The SMILES string of the molecule is C1CNCCN1.C=Cc1ccccn1. The number of hydrogen-bond donors (Lipinski definition) is 2. The highest BCUT2D eigenvalue weighted by atomic mass is 15.0. The van der Waals surface area contributed by atoms with E-state index >= 15 is 0 Å². The molecule has 0 unspecified atom stereocenters. The molecule has 1 aliphatic rings. The van der Waals surface area contributed by atoms with Crippen LogP contribution in [0.1, 0.15) is 5.69 Å². The van der Waals surface area contributed by atoms with Gasteiger partial charge in [0.2, 0.25) is 0 Å². The topological polar surface area (TPSA) is 37.0 Å². The molecule has 0 amide bonds. The molecule has 0 bridgehead atoms. The molecular formula is C11H17N3. The fourth-order valence-electron chi connectivity index (χ4n) is 1.10. The van der Waals surface area contributed by atoms with E-state index in [1.54, 1.807) is 12.3 Å². The first kappa shape index (κ1) is 10.9. The molecule has 14 heavy (non-hydrogen) atoms. The molecular weight excluding hydrogens is 174 g/mol. The maximum Gasteiger partial charge on any atom is 0.0623 e. The molecule has 76 valence electrons. The normalized spacial score (nSPS) is 15.1. The van der Waals surface area contributed by atoms with E-state index in [0.29, 0.717) is 0 Å². The molecule has 1 fully saturated rings. The second kappa shape index (κ2) is 7.24. The lowest BCUT2D eigenvalue weighted by Gasteiger charge is -2.11. The van der Waals surface area contributed by atoms with Gasteiger partial charge in [-0.05, 0) is 18.2 Å². The summed E-state index contributed by atoms with van der Waals surface area (Å²) in [6, 6.07) is 5.73. The van der Waals surface area contributed by atoms with Crippen LogP contribution in [0, 0.1) is 0 Å². The Morgan fingerprint density at radius 1 is 1.14 bits per heavy atom. The Kier molecular flexibility index (Phi) is 5.63. The molecule has 0 atom stereocenters. The number of piperazine rings is 1. The first-order valence-corrected chi connectivity index (χ1v) is 4.88. The third-order valence-corrected chi connectivity index (χ3v) is 1.85. The molecule has 2 rings (SSSR count). The van der Waals surface area contributed by atoms with Crippen LogP contribution in [0.5, 0.6) is 0 Å². The van der Waals surface area contributed by atoms with Crippen molar-refractivity contribution in [3.05, 3.63) is 36.7 Å². The van der Waals surface area contributed by atoms with E-state index in [1.807, 2.05) is 18.2 Å². The lowest BCUT2D eigenvalue weighted by Crippen LogP contribution is -2.39. The Bertz CT molecular complexity index is 230. The van der Waals surface area contributed by atoms with Crippen LogP contribution in [0.4, 0.5) is 0 Å². The van der Waals surface area contributed by atoms with Gasteiger partial charge in [0.05, 0.1) is 5.69 Å². The van der Waals surface area contributed by atoms with Gasteiger partial charge in [0.1, 0.15) is 0 Å². The monoisotopic (exact) mass is 191 g/mol. The smallest absolute Gasteiger partial charge is 0.0623 e. The summed E-state index contributed by atoms with van der Waals surface area (Å²) in [7, 11) is 0. The van der Waals surface area contributed by atoms with Gasteiger partial charge in [-0.2, -0.15) is 0 Å². The molecule has 0 aromatic carbocycles. The van der Waals surface area contributed by atoms with E-state index < -0.39 is 0 Å². The summed E-state index contributed by atoms with van der Waals surface area (Å²) in [5.41, 5.74) is 0.924. The van der Waals surface area contributed by atoms with Crippen LogP contribution in [0.3, 0.4) is 0 Å². The zero-order chi connectivity index (χ0) is 10.1. The molecule has 1 aromatic heterocycles. The zero-order valence-corrected chi connectivity index (χ0v) is 8.37. The minimum absolute atomic E-state index is 0.924. The summed E-state index contributed by atoms with van der Waals surface area (Å²) in [5, 5.41) is 6.44. The van der Waals surface area contributed by atoms with Gasteiger partial charge in [0, 0.05) is 32.4 Å². The molecule has 1 aromatic rings. The van der Waals surface area contributed by atoms with Gasteiger partial charge < -0.3 is 10.6 Å². The van der Waals surface area contributed by atoms with Crippen molar-refractivity contribution in [2.45, 2.75) is 0 Å². The maximum atomic E-state index is 3.98. The number of aromatic nitrogens is 1. The predicted molar refractivity (Wildman–Crippen MR) is 60.1 cm³/mol. The second-order valence-corrected chi connectivity index (χ2v) is 2.96. The van der Waals surface area contributed by atoms with Gasteiger partial charge in [-0.25, -0.2) is 0 Å². The highest BCUT2D eigenvalue weighted by Crippen LogP contribution is 1.91. The average molecular weight is 191 g/mol. The Hall–Kier alpha value is -1.19. The van der Waals surface area contributed by atoms with Gasteiger partial charge in [0.25, 0.3) is 0 Å². The van der Waals surface area contributed by atoms with Crippen LogP contribution in [-0.4, -0.2) is 31.2 Å². The minimum Gasteiger partial charge on any atom is -0.314 e. The van der Waals surface area contributed by atoms with E-state index in [2.05, 4.69) is 22.2 Å². The van der Waals surface area contributed by atoms with E-state index in [-0.39, 0.29) is 0 Å². The summed E-state index contributed by atoms with van der Waals surface area (Å²) in [6.07, 6.45) is 3.47. The van der Waals surface area contributed by atoms with Crippen molar-refractivity contribution in [2.75, 3.05) is 26.2 Å². The van der Waals surface area contributed by atoms with Crippen LogP contribution in [-0.2, 0) is 0 Å². The molecule has 0 spiro atoms. The predicted octanol–water partition coefficient (Wildman–Crippen LogP) is 0.904. The highest BCUT2D eigenvalue weighted by molar-refractivity contribution is 5.40. The van der Waals surface area contributed by atoms with Crippen molar-refractivity contribution in [1.82, 2.24) is 15.6 Å². The average Bonchev–Trinajstić information content (AvgIpc) is 2.33. The van der Waals surface area contributed by atoms with Crippen molar-refractivity contribution in [2.24, 2.45) is 0 Å². The van der Waals surface area contributed by atoms with Gasteiger partial charge >= 0.3 is 0 Å². The summed E-state index contributed by atoms with van der Waals surface area (Å²) in [6.45, 7) is 8.12. The van der Waals surface area contributed by atoms with Crippen molar-refractivity contribution in [1.29, 1.82) is 0 Å². The van der Waals surface area contributed by atoms with Gasteiger partial charge in [-0.1, -0.05) is 12.6 Å². The number of nitrogens with zero attached hydrogens (tertiary/aromatic N) is 1. The van der Waals surface area contributed by atoms with Crippen LogP contribution >= 0.6 is 0 Å². The van der Waals surface area contributed by atoms with E-state index in [4.69, 9.17) is 0 Å². The third-order valence-electron chi connectivity index (χ3n) is 1.85. The van der Waals surface area contributed by atoms with Gasteiger partial charge in [-0.3, -0.25) is 4.98 Å². The van der Waals surface area contributed by atoms with Crippen molar-refractivity contribution < 1.29 is 0 Å². The van der Waals surface area contributed by atoms with E-state index in [1.165, 1.54) is 0 Å². The minimum atomic E-state index is 0.924. The summed E-state index contributed by atoms with van der Waals surface area (Å²) in [4.78, 5) is 3.98. The molecule has 3 heteroatoms. The zero-order valence-electron chi connectivity index (χ0n) is 8.37. The van der Waals surface area contributed by atoms with Crippen molar-refractivity contribution in [3.8, 4) is 0 Å². The van der Waals surface area contributed by atoms with Gasteiger partial charge in [-0.15, -0.1) is 0 Å². The largest absolute Gasteiger partial charge is 0.314 e. The first-order valence-electron chi connectivity index (χ1n) is 4.88. The molecule has 1 saturated heterocycles. The quantitative estimate of drug-likeness (QED) is 0.692. The fraction of sp³-hybridized carbons (Fsp3) is 0.364. The summed E-state index contributed by atoms with van der Waals surface area (Å²) < 4.78 is 0. The van der Waals surface area contributed by atoms with Crippen LogP contribution < -0.4 is 10.6 Å². The Morgan fingerprint density at radius 3 is 2.07 bits per heavy atom. The summed E-state index contributed by atoms with van der Waals surface area (Å²) in [5.74, 6) is 0. The standard InChI is InChI=1S/C7H7N.C4H10N2/c1-2-7-5-3-4-6-8-7;1-2-6-4-3-5-1/h2-6H,1H2;5-6H,1-4H2. The Morgan fingerprint density at radius 2 is 1.79 bits per heavy atom.